The van der Waals surface area contributed by atoms with E-state index in [-0.39, 0.29) is 5.91 Å². The first kappa shape index (κ1) is 20.9. The molecule has 2 rings (SSSR count). The van der Waals surface area contributed by atoms with Gasteiger partial charge in [-0.05, 0) is 63.1 Å². The van der Waals surface area contributed by atoms with Crippen LogP contribution in [0.5, 0.6) is 11.5 Å². The molecular weight excluding hydrogens is 364 g/mol. The second-order valence-corrected chi connectivity index (χ2v) is 8.75. The summed E-state index contributed by atoms with van der Waals surface area (Å²) in [6.07, 6.45) is 1.57. The molecule has 1 amide bonds. The Morgan fingerprint density at radius 1 is 0.963 bits per heavy atom. The van der Waals surface area contributed by atoms with Crippen LogP contribution in [-0.4, -0.2) is 26.1 Å². The molecule has 146 valence electrons. The quantitative estimate of drug-likeness (QED) is 0.602. The number of carbonyl (C=O) groups excluding carboxylic acids is 1. The van der Waals surface area contributed by atoms with Crippen LogP contribution in [0.25, 0.3) is 0 Å². The van der Waals surface area contributed by atoms with Crippen molar-refractivity contribution in [1.82, 2.24) is 4.72 Å². The summed E-state index contributed by atoms with van der Waals surface area (Å²) in [5, 5.41) is 2.38. The van der Waals surface area contributed by atoms with Crippen molar-refractivity contribution < 1.29 is 17.9 Å². The lowest BCUT2D eigenvalue weighted by molar-refractivity contribution is -0.116. The summed E-state index contributed by atoms with van der Waals surface area (Å²) in [7, 11) is -3.24. The number of hydrogen-bond acceptors (Lipinski definition) is 4. The highest BCUT2D eigenvalue weighted by Crippen LogP contribution is 2.22. The number of unbranched alkanes of at least 4 members (excludes halogenated alkanes) is 1. The number of anilines is 1. The molecule has 0 saturated carbocycles. The average Bonchev–Trinajstić information content (AvgIpc) is 2.64. The van der Waals surface area contributed by atoms with Gasteiger partial charge in [-0.1, -0.05) is 18.2 Å². The fourth-order valence-corrected chi connectivity index (χ4v) is 3.01. The van der Waals surface area contributed by atoms with E-state index in [4.69, 9.17) is 4.74 Å². The van der Waals surface area contributed by atoms with Crippen molar-refractivity contribution in [3.63, 3.8) is 0 Å². The molecule has 0 saturated heterocycles. The number of hydrogen-bond donors (Lipinski definition) is 2. The summed E-state index contributed by atoms with van der Waals surface area (Å²) >= 11 is 0. The highest BCUT2D eigenvalue weighted by Gasteiger charge is 2.14. The molecule has 27 heavy (non-hydrogen) atoms. The standard InChI is InChI=1S/C20H26N2O4S/c1-16(2)27(24,25)21-15-7-6-10-20(23)22-17-11-13-19(14-12-17)26-18-8-4-3-5-9-18/h3-5,8-9,11-14,16,21H,6-7,10,15H2,1-2H3,(H,22,23). The molecule has 0 aromatic heterocycles. The van der Waals surface area contributed by atoms with E-state index in [1.807, 2.05) is 30.3 Å². The number of amides is 1. The van der Waals surface area contributed by atoms with E-state index >= 15 is 0 Å². The van der Waals surface area contributed by atoms with Crippen molar-refractivity contribution in [2.75, 3.05) is 11.9 Å². The SMILES string of the molecule is CC(C)S(=O)(=O)NCCCCC(=O)Nc1ccc(Oc2ccccc2)cc1. The van der Waals surface area contributed by atoms with E-state index in [9.17, 15) is 13.2 Å². The Balaban J connectivity index is 1.70. The van der Waals surface area contributed by atoms with E-state index in [0.717, 1.165) is 5.75 Å². The minimum atomic E-state index is -3.24. The Kier molecular flexibility index (Phi) is 7.82. The van der Waals surface area contributed by atoms with Crippen molar-refractivity contribution in [3.05, 3.63) is 54.6 Å². The smallest absolute Gasteiger partial charge is 0.224 e. The maximum atomic E-state index is 12.0. The monoisotopic (exact) mass is 390 g/mol. The Morgan fingerprint density at radius 2 is 1.59 bits per heavy atom. The fraction of sp³-hybridized carbons (Fsp3) is 0.350. The van der Waals surface area contributed by atoms with E-state index < -0.39 is 15.3 Å². The number of sulfonamides is 1. The zero-order valence-electron chi connectivity index (χ0n) is 15.6. The van der Waals surface area contributed by atoms with Crippen LogP contribution < -0.4 is 14.8 Å². The van der Waals surface area contributed by atoms with Crippen molar-refractivity contribution in [3.8, 4) is 11.5 Å². The largest absolute Gasteiger partial charge is 0.457 e. The van der Waals surface area contributed by atoms with Crippen LogP contribution in [0, 0.1) is 0 Å². The number of ether oxygens (including phenoxy) is 1. The lowest BCUT2D eigenvalue weighted by Crippen LogP contribution is -2.31. The van der Waals surface area contributed by atoms with Crippen molar-refractivity contribution in [2.45, 2.75) is 38.4 Å². The summed E-state index contributed by atoms with van der Waals surface area (Å²) in [5.74, 6) is 1.34. The number of nitrogens with one attached hydrogen (secondary N) is 2. The molecule has 2 N–H and O–H groups in total. The first-order valence-electron chi connectivity index (χ1n) is 8.98. The average molecular weight is 391 g/mol. The van der Waals surface area contributed by atoms with Crippen LogP contribution in [0.2, 0.25) is 0 Å². The lowest BCUT2D eigenvalue weighted by Gasteiger charge is -2.10. The molecule has 0 unspecified atom stereocenters. The molecule has 0 fully saturated rings. The van der Waals surface area contributed by atoms with E-state index in [0.29, 0.717) is 37.2 Å². The molecule has 6 nitrogen and oxygen atoms in total. The van der Waals surface area contributed by atoms with Gasteiger partial charge in [0.25, 0.3) is 0 Å². The predicted octanol–water partition coefficient (Wildman–Crippen LogP) is 3.92. The number of rotatable bonds is 10. The number of para-hydroxylation sites is 1. The molecular formula is C20H26N2O4S. The van der Waals surface area contributed by atoms with Gasteiger partial charge in [0.15, 0.2) is 0 Å². The predicted molar refractivity (Wildman–Crippen MR) is 107 cm³/mol. The van der Waals surface area contributed by atoms with Crippen LogP contribution in [-0.2, 0) is 14.8 Å². The highest BCUT2D eigenvalue weighted by molar-refractivity contribution is 7.90. The first-order chi connectivity index (χ1) is 12.9. The molecule has 0 heterocycles. The van der Waals surface area contributed by atoms with E-state index in [1.165, 1.54) is 0 Å². The Morgan fingerprint density at radius 3 is 2.22 bits per heavy atom. The van der Waals surface area contributed by atoms with Gasteiger partial charge in [0, 0.05) is 18.7 Å². The molecule has 7 heteroatoms. The number of benzene rings is 2. The van der Waals surface area contributed by atoms with Gasteiger partial charge in [-0.25, -0.2) is 13.1 Å². The summed E-state index contributed by atoms with van der Waals surface area (Å²) in [6.45, 7) is 3.61. The topological polar surface area (TPSA) is 84.5 Å². The van der Waals surface area contributed by atoms with Crippen molar-refractivity contribution >= 4 is 21.6 Å². The van der Waals surface area contributed by atoms with Gasteiger partial charge >= 0.3 is 0 Å². The molecule has 0 radical (unpaired) electrons. The van der Waals surface area contributed by atoms with Crippen LogP contribution in [0.4, 0.5) is 5.69 Å². The van der Waals surface area contributed by atoms with Crippen molar-refractivity contribution in [2.24, 2.45) is 0 Å². The summed E-state index contributed by atoms with van der Waals surface area (Å²) in [5.41, 5.74) is 0.695. The van der Waals surface area contributed by atoms with E-state index in [1.54, 1.807) is 38.1 Å². The van der Waals surface area contributed by atoms with Crippen molar-refractivity contribution in [1.29, 1.82) is 0 Å². The maximum Gasteiger partial charge on any atom is 0.224 e. The number of carbonyl (C=O) groups is 1. The molecule has 2 aromatic carbocycles. The van der Waals surface area contributed by atoms with Gasteiger partial charge in [-0.15, -0.1) is 0 Å². The molecule has 0 aliphatic heterocycles. The minimum absolute atomic E-state index is 0.0987. The van der Waals surface area contributed by atoms with Gasteiger partial charge in [-0.2, -0.15) is 0 Å². The molecule has 0 aliphatic carbocycles. The van der Waals surface area contributed by atoms with Crippen LogP contribution in [0.1, 0.15) is 33.1 Å². The van der Waals surface area contributed by atoms with Crippen LogP contribution >= 0.6 is 0 Å². The van der Waals surface area contributed by atoms with Gasteiger partial charge in [0.1, 0.15) is 11.5 Å². The van der Waals surface area contributed by atoms with Gasteiger partial charge in [0.2, 0.25) is 15.9 Å². The van der Waals surface area contributed by atoms with Gasteiger partial charge in [0.05, 0.1) is 5.25 Å². The zero-order chi connectivity index (χ0) is 19.7. The minimum Gasteiger partial charge on any atom is -0.457 e. The second kappa shape index (κ2) is 10.1. The Hall–Kier alpha value is -2.38. The summed E-state index contributed by atoms with van der Waals surface area (Å²) in [4.78, 5) is 12.0. The lowest BCUT2D eigenvalue weighted by atomic mass is 10.2. The highest BCUT2D eigenvalue weighted by atomic mass is 32.2. The zero-order valence-corrected chi connectivity index (χ0v) is 16.5. The third-order valence-corrected chi connectivity index (χ3v) is 5.72. The molecule has 2 aromatic rings. The Labute approximate surface area is 161 Å². The van der Waals surface area contributed by atoms with E-state index in [2.05, 4.69) is 10.0 Å². The third kappa shape index (κ3) is 7.40. The molecule has 0 bridgehead atoms. The summed E-state index contributed by atoms with van der Waals surface area (Å²) in [6, 6.07) is 16.6. The first-order valence-corrected chi connectivity index (χ1v) is 10.5. The third-order valence-electron chi connectivity index (χ3n) is 3.87. The summed E-state index contributed by atoms with van der Waals surface area (Å²) < 4.78 is 31.5. The van der Waals surface area contributed by atoms with Gasteiger partial charge in [-0.3, -0.25) is 4.79 Å². The molecule has 0 spiro atoms. The fourth-order valence-electron chi connectivity index (χ4n) is 2.25. The van der Waals surface area contributed by atoms with Crippen LogP contribution in [0.3, 0.4) is 0 Å². The molecule has 0 aliphatic rings. The van der Waals surface area contributed by atoms with Crippen LogP contribution in [0.15, 0.2) is 54.6 Å². The Bertz CT molecular complexity index is 819. The molecule has 0 atom stereocenters. The maximum absolute atomic E-state index is 12.0. The second-order valence-electron chi connectivity index (χ2n) is 6.43. The normalized spacial score (nSPS) is 11.4. The van der Waals surface area contributed by atoms with Gasteiger partial charge < -0.3 is 10.1 Å².